The van der Waals surface area contributed by atoms with Gasteiger partial charge in [0.05, 0.1) is 0 Å². The van der Waals surface area contributed by atoms with Gasteiger partial charge in [-0.1, -0.05) is 48.5 Å². The maximum absolute atomic E-state index is 12.6. The maximum Gasteiger partial charge on any atom is 0.345 e. The molecule has 170 valence electrons. The Balaban J connectivity index is 1.25. The number of carbonyl (C=O) groups excluding carboxylic acids is 1. The molecule has 0 aliphatic heterocycles. The molecule has 0 amide bonds. The van der Waals surface area contributed by atoms with Gasteiger partial charge in [-0.25, -0.2) is 4.79 Å². The Hall–Kier alpha value is -3.63. The van der Waals surface area contributed by atoms with Crippen molar-refractivity contribution in [3.05, 3.63) is 108 Å². The molecule has 5 aromatic rings. The molecule has 1 atom stereocenters. The van der Waals surface area contributed by atoms with Crippen LogP contribution in [0.3, 0.4) is 0 Å². The first kappa shape index (κ1) is 22.2. The molecule has 0 aliphatic carbocycles. The highest BCUT2D eigenvalue weighted by Gasteiger charge is 2.26. The molecule has 4 heteroatoms. The van der Waals surface area contributed by atoms with E-state index in [2.05, 4.69) is 73.7 Å². The van der Waals surface area contributed by atoms with E-state index in [0.717, 1.165) is 16.3 Å². The van der Waals surface area contributed by atoms with Crippen LogP contribution in [0.25, 0.3) is 25.8 Å². The van der Waals surface area contributed by atoms with Crippen LogP contribution < -0.4 is 4.74 Å². The third-order valence-electron chi connectivity index (χ3n) is 6.05. The van der Waals surface area contributed by atoms with E-state index in [0.29, 0.717) is 5.75 Å². The first-order chi connectivity index (χ1) is 16.4. The molecular formula is C30H27O3S+. The quantitative estimate of drug-likeness (QED) is 0.188. The minimum Gasteiger partial charge on any atom is -0.482 e. The number of benzene rings is 4. The van der Waals surface area contributed by atoms with Crippen LogP contribution in [0.15, 0.2) is 97.1 Å². The van der Waals surface area contributed by atoms with Gasteiger partial charge in [-0.15, -0.1) is 0 Å². The van der Waals surface area contributed by atoms with E-state index in [1.807, 2.05) is 44.2 Å². The zero-order valence-electron chi connectivity index (χ0n) is 19.6. The number of carbonyl (C=O) groups is 1. The number of aryl methyl sites for hydroxylation is 1. The third kappa shape index (κ3) is 4.42. The molecule has 4 aromatic carbocycles. The number of esters is 1. The van der Waals surface area contributed by atoms with E-state index < -0.39 is 11.6 Å². The number of ether oxygens (including phenoxy) is 2. The molecule has 3 nitrogen and oxygen atoms in total. The van der Waals surface area contributed by atoms with Gasteiger partial charge in [-0.2, -0.15) is 0 Å². The van der Waals surface area contributed by atoms with Crippen molar-refractivity contribution in [2.45, 2.75) is 26.4 Å². The van der Waals surface area contributed by atoms with Crippen LogP contribution in [0.4, 0.5) is 0 Å². The van der Waals surface area contributed by atoms with E-state index >= 15 is 0 Å². The van der Waals surface area contributed by atoms with Gasteiger partial charge in [0.1, 0.15) is 11.4 Å². The smallest absolute Gasteiger partial charge is 0.345 e. The summed E-state index contributed by atoms with van der Waals surface area (Å²) in [5.74, 6) is 0.259. The second-order valence-electron chi connectivity index (χ2n) is 8.91. The van der Waals surface area contributed by atoms with Gasteiger partial charge in [0.15, 0.2) is 21.1 Å². The second-order valence-corrected chi connectivity index (χ2v) is 11.1. The lowest BCUT2D eigenvalue weighted by atomic mass is 9.95. The van der Waals surface area contributed by atoms with Gasteiger partial charge in [0.2, 0.25) is 0 Å². The van der Waals surface area contributed by atoms with E-state index in [4.69, 9.17) is 9.47 Å². The highest BCUT2D eigenvalue weighted by Crippen LogP contribution is 2.43. The largest absolute Gasteiger partial charge is 0.482 e. The Kier molecular flexibility index (Phi) is 5.84. The molecule has 1 unspecified atom stereocenters. The van der Waals surface area contributed by atoms with Crippen LogP contribution in [0, 0.1) is 6.92 Å². The predicted octanol–water partition coefficient (Wildman–Crippen LogP) is 7.90. The number of rotatable bonds is 6. The van der Waals surface area contributed by atoms with E-state index in [-0.39, 0.29) is 17.1 Å². The van der Waals surface area contributed by atoms with Crippen LogP contribution in [-0.2, 0) is 15.1 Å². The zero-order chi connectivity index (χ0) is 23.7. The Bertz CT molecular complexity index is 1480. The number of thiophene rings is 1. The summed E-state index contributed by atoms with van der Waals surface area (Å²) in [6, 6.07) is 33.1. The van der Waals surface area contributed by atoms with Gasteiger partial charge < -0.3 is 9.47 Å². The minimum absolute atomic E-state index is 0.0623. The lowest BCUT2D eigenvalue weighted by molar-refractivity contribution is -0.159. The third-order valence-corrected chi connectivity index (χ3v) is 8.37. The standard InChI is InChI=1S/C30H27O3S/c1-21-18-24-10-6-7-11-28(24)34(21)27-16-14-26(15-17-27)32-20-29(31)33-30(2,3)25-13-12-22-8-4-5-9-23(22)19-25/h4-19H,20H2,1-3H3/q+1. The second kappa shape index (κ2) is 8.96. The molecule has 0 radical (unpaired) electrons. The molecule has 0 saturated heterocycles. The van der Waals surface area contributed by atoms with Crippen molar-refractivity contribution in [3.8, 4) is 10.6 Å². The summed E-state index contributed by atoms with van der Waals surface area (Å²) in [5, 5.41) is 3.57. The normalized spacial score (nSPS) is 12.1. The van der Waals surface area contributed by atoms with Crippen molar-refractivity contribution in [3.63, 3.8) is 0 Å². The van der Waals surface area contributed by atoms with Crippen molar-refractivity contribution in [1.82, 2.24) is 0 Å². The molecule has 0 aliphatic rings. The molecule has 0 saturated carbocycles. The number of fused-ring (bicyclic) bond motifs is 2. The molecule has 0 fully saturated rings. The first-order valence-corrected chi connectivity index (χ1v) is 12.6. The topological polar surface area (TPSA) is 35.5 Å². The molecule has 1 heterocycles. The first-order valence-electron chi connectivity index (χ1n) is 11.4. The molecule has 0 bridgehead atoms. The molecule has 5 rings (SSSR count). The zero-order valence-corrected chi connectivity index (χ0v) is 20.4. The Morgan fingerprint density at radius 3 is 2.24 bits per heavy atom. The van der Waals surface area contributed by atoms with Crippen LogP contribution in [0.1, 0.15) is 24.3 Å². The van der Waals surface area contributed by atoms with Crippen LogP contribution in [0.5, 0.6) is 5.75 Å². The Labute approximate surface area is 202 Å². The summed E-state index contributed by atoms with van der Waals surface area (Å²) in [4.78, 5) is 15.2. The summed E-state index contributed by atoms with van der Waals surface area (Å²) in [5.41, 5.74) is 0.194. The van der Waals surface area contributed by atoms with Crippen molar-refractivity contribution in [1.29, 1.82) is 0 Å². The minimum atomic E-state index is -0.755. The van der Waals surface area contributed by atoms with Gasteiger partial charge >= 0.3 is 5.97 Å². The van der Waals surface area contributed by atoms with Gasteiger partial charge in [0.25, 0.3) is 0 Å². The van der Waals surface area contributed by atoms with Crippen LogP contribution in [0.2, 0.25) is 0 Å². The molecule has 34 heavy (non-hydrogen) atoms. The summed E-state index contributed by atoms with van der Waals surface area (Å²) >= 11 is 0. The Morgan fingerprint density at radius 1 is 0.794 bits per heavy atom. The highest BCUT2D eigenvalue weighted by molar-refractivity contribution is 7.45. The fraction of sp³-hybridized carbons (Fsp3) is 0.167. The average molecular weight is 468 g/mol. The van der Waals surface area contributed by atoms with E-state index in [1.165, 1.54) is 19.9 Å². The van der Waals surface area contributed by atoms with Crippen LogP contribution in [-0.4, -0.2) is 12.6 Å². The summed E-state index contributed by atoms with van der Waals surface area (Å²) in [6.07, 6.45) is 0. The van der Waals surface area contributed by atoms with Gasteiger partial charge in [0, 0.05) is 41.0 Å². The van der Waals surface area contributed by atoms with Crippen molar-refractivity contribution >= 4 is 37.3 Å². The maximum atomic E-state index is 12.6. The van der Waals surface area contributed by atoms with Crippen LogP contribution >= 0.6 is 10.5 Å². The van der Waals surface area contributed by atoms with Gasteiger partial charge in [-0.3, -0.25) is 0 Å². The van der Waals surface area contributed by atoms with Crippen molar-refractivity contribution < 1.29 is 14.3 Å². The predicted molar refractivity (Wildman–Crippen MR) is 141 cm³/mol. The summed E-state index contributed by atoms with van der Waals surface area (Å²) in [7, 11) is -0.0623. The van der Waals surface area contributed by atoms with E-state index in [9.17, 15) is 4.79 Å². The monoisotopic (exact) mass is 467 g/mol. The SMILES string of the molecule is Cc1cc2ccccc2[s+]1-c1ccc(OCC(=O)OC(C)(C)c2ccc3ccccc3c2)cc1. The van der Waals surface area contributed by atoms with E-state index in [1.54, 1.807) is 0 Å². The average Bonchev–Trinajstić information content (AvgIpc) is 3.18. The molecule has 0 spiro atoms. The Morgan fingerprint density at radius 2 is 1.47 bits per heavy atom. The molecule has 1 aromatic heterocycles. The fourth-order valence-corrected chi connectivity index (χ4v) is 6.50. The molecule has 0 N–H and O–H groups in total. The fourth-order valence-electron chi connectivity index (χ4n) is 4.30. The molecular weight excluding hydrogens is 440 g/mol. The number of hydrogen-bond acceptors (Lipinski definition) is 3. The van der Waals surface area contributed by atoms with Crippen molar-refractivity contribution in [2.75, 3.05) is 6.61 Å². The number of hydrogen-bond donors (Lipinski definition) is 0. The summed E-state index contributed by atoms with van der Waals surface area (Å²) in [6.45, 7) is 5.85. The lowest BCUT2D eigenvalue weighted by Gasteiger charge is -2.26. The van der Waals surface area contributed by atoms with Crippen molar-refractivity contribution in [2.24, 2.45) is 0 Å². The summed E-state index contributed by atoms with van der Waals surface area (Å²) < 4.78 is 12.9. The highest BCUT2D eigenvalue weighted by atomic mass is 32.2. The van der Waals surface area contributed by atoms with Gasteiger partial charge in [-0.05, 0) is 60.5 Å². The lowest BCUT2D eigenvalue weighted by Crippen LogP contribution is -2.28.